The topological polar surface area (TPSA) is 27.1 Å². The van der Waals surface area contributed by atoms with Gasteiger partial charge in [0.05, 0.1) is 12.9 Å². The first-order chi connectivity index (χ1) is 12.0. The van der Waals surface area contributed by atoms with Gasteiger partial charge in [-0.3, -0.25) is 0 Å². The van der Waals surface area contributed by atoms with E-state index in [0.717, 1.165) is 23.6 Å². The van der Waals surface area contributed by atoms with Gasteiger partial charge >= 0.3 is 0 Å². The summed E-state index contributed by atoms with van der Waals surface area (Å²) in [6, 6.07) is 15.4. The minimum absolute atomic E-state index is 0.381. The maximum Gasteiger partial charge on any atom is 0.124 e. The number of benzene rings is 2. The molecule has 0 aliphatic heterocycles. The van der Waals surface area contributed by atoms with Gasteiger partial charge in [-0.05, 0) is 61.7 Å². The predicted molar refractivity (Wildman–Crippen MR) is 102 cm³/mol. The lowest BCUT2D eigenvalue weighted by Crippen LogP contribution is -2.37. The number of nitrogens with zero attached hydrogens (tertiary/aromatic N) is 2. The van der Waals surface area contributed by atoms with Crippen LogP contribution in [-0.4, -0.2) is 15.2 Å². The summed E-state index contributed by atoms with van der Waals surface area (Å²) in [4.78, 5) is 4.13. The van der Waals surface area contributed by atoms with Crippen LogP contribution in [0.3, 0.4) is 0 Å². The van der Waals surface area contributed by atoms with Gasteiger partial charge in [0.1, 0.15) is 11.4 Å². The first-order valence-electron chi connectivity index (χ1n) is 8.17. The van der Waals surface area contributed by atoms with Crippen LogP contribution in [0.15, 0.2) is 67.3 Å². The highest BCUT2D eigenvalue weighted by molar-refractivity contribution is 6.30. The lowest BCUT2D eigenvalue weighted by atomic mass is 9.96. The molecule has 5 heteroatoms. The highest BCUT2D eigenvalue weighted by atomic mass is 35.5. The number of hydrogen-bond acceptors (Lipinski definition) is 2. The Balaban J connectivity index is 1.75. The van der Waals surface area contributed by atoms with Gasteiger partial charge in [-0.2, -0.15) is 0 Å². The van der Waals surface area contributed by atoms with E-state index in [4.69, 9.17) is 27.9 Å². The first kappa shape index (κ1) is 17.8. The molecule has 0 N–H and O–H groups in total. The molecule has 3 rings (SSSR count). The third-order valence-electron chi connectivity index (χ3n) is 4.11. The number of imidazole rings is 1. The van der Waals surface area contributed by atoms with E-state index in [1.807, 2.05) is 53.5 Å². The molecule has 0 saturated heterocycles. The van der Waals surface area contributed by atoms with Gasteiger partial charge in [0.2, 0.25) is 0 Å². The average Bonchev–Trinajstić information content (AvgIpc) is 3.09. The molecule has 1 heterocycles. The summed E-state index contributed by atoms with van der Waals surface area (Å²) in [6.45, 7) is 2.83. The van der Waals surface area contributed by atoms with Crippen molar-refractivity contribution in [1.29, 1.82) is 0 Å². The van der Waals surface area contributed by atoms with Gasteiger partial charge in [0.25, 0.3) is 0 Å². The summed E-state index contributed by atoms with van der Waals surface area (Å²) < 4.78 is 8.38. The van der Waals surface area contributed by atoms with Gasteiger partial charge in [-0.25, -0.2) is 4.98 Å². The zero-order chi connectivity index (χ0) is 17.7. The van der Waals surface area contributed by atoms with Crippen molar-refractivity contribution in [2.45, 2.75) is 31.9 Å². The Kier molecular flexibility index (Phi) is 5.67. The van der Waals surface area contributed by atoms with Crippen molar-refractivity contribution >= 4 is 23.2 Å². The van der Waals surface area contributed by atoms with Crippen LogP contribution in [0, 0.1) is 0 Å². The quantitative estimate of drug-likeness (QED) is 0.533. The van der Waals surface area contributed by atoms with Gasteiger partial charge < -0.3 is 9.30 Å². The van der Waals surface area contributed by atoms with Crippen molar-refractivity contribution in [1.82, 2.24) is 9.55 Å². The minimum Gasteiger partial charge on any atom is -0.486 e. The first-order valence-corrected chi connectivity index (χ1v) is 8.93. The van der Waals surface area contributed by atoms with Crippen molar-refractivity contribution in [3.05, 3.63) is 82.9 Å². The number of halogens is 2. The molecule has 1 unspecified atom stereocenters. The van der Waals surface area contributed by atoms with Crippen molar-refractivity contribution in [3.8, 4) is 5.75 Å². The lowest BCUT2D eigenvalue weighted by molar-refractivity contribution is 0.0605. The monoisotopic (exact) mass is 374 g/mol. The third-order valence-corrected chi connectivity index (χ3v) is 4.61. The SMILES string of the molecule is CC(CCc1ccc(Cl)cc1)(Cn1ccnc1)Oc1ccc(Cl)cc1. The van der Waals surface area contributed by atoms with Crippen molar-refractivity contribution < 1.29 is 4.74 Å². The van der Waals surface area contributed by atoms with E-state index in [1.54, 1.807) is 6.20 Å². The highest BCUT2D eigenvalue weighted by Gasteiger charge is 2.27. The zero-order valence-electron chi connectivity index (χ0n) is 14.0. The molecule has 0 spiro atoms. The fourth-order valence-corrected chi connectivity index (χ4v) is 3.03. The van der Waals surface area contributed by atoms with Crippen LogP contribution in [0.25, 0.3) is 0 Å². The van der Waals surface area contributed by atoms with Crippen LogP contribution in [0.5, 0.6) is 5.75 Å². The second-order valence-corrected chi connectivity index (χ2v) is 7.24. The van der Waals surface area contributed by atoms with Crippen LogP contribution in [-0.2, 0) is 13.0 Å². The standard InChI is InChI=1S/C20H20Cl2N2O/c1-20(14-24-13-12-23-15-24,25-19-8-6-18(22)7-9-19)11-10-16-2-4-17(21)5-3-16/h2-9,12-13,15H,10-11,14H2,1H3. The Morgan fingerprint density at radius 3 is 2.24 bits per heavy atom. The Hall–Kier alpha value is -1.97. The molecule has 130 valence electrons. The molecule has 0 radical (unpaired) electrons. The molecule has 3 aromatic rings. The molecule has 25 heavy (non-hydrogen) atoms. The Morgan fingerprint density at radius 1 is 1.00 bits per heavy atom. The summed E-state index contributed by atoms with van der Waals surface area (Å²) in [7, 11) is 0. The number of hydrogen-bond donors (Lipinski definition) is 0. The van der Waals surface area contributed by atoms with Crippen LogP contribution < -0.4 is 4.74 Å². The molecular formula is C20H20Cl2N2O. The van der Waals surface area contributed by atoms with Gasteiger partial charge in [0.15, 0.2) is 0 Å². The molecule has 0 fully saturated rings. The number of aromatic nitrogens is 2. The van der Waals surface area contributed by atoms with E-state index in [-0.39, 0.29) is 5.60 Å². The van der Waals surface area contributed by atoms with Crippen molar-refractivity contribution in [2.24, 2.45) is 0 Å². The second-order valence-electron chi connectivity index (χ2n) is 6.37. The molecule has 2 aromatic carbocycles. The van der Waals surface area contributed by atoms with Gasteiger partial charge in [0, 0.05) is 22.4 Å². The molecule has 1 aromatic heterocycles. The normalized spacial score (nSPS) is 13.4. The second kappa shape index (κ2) is 7.94. The van der Waals surface area contributed by atoms with Crippen LogP contribution in [0.1, 0.15) is 18.9 Å². The number of rotatable bonds is 7. The summed E-state index contributed by atoms with van der Waals surface area (Å²) >= 11 is 11.9. The zero-order valence-corrected chi connectivity index (χ0v) is 15.5. The smallest absolute Gasteiger partial charge is 0.124 e. The summed E-state index contributed by atoms with van der Waals surface area (Å²) in [6.07, 6.45) is 7.30. The summed E-state index contributed by atoms with van der Waals surface area (Å²) in [5, 5.41) is 1.45. The molecule has 0 amide bonds. The number of aryl methyl sites for hydroxylation is 1. The Morgan fingerprint density at radius 2 is 1.64 bits per heavy atom. The average molecular weight is 375 g/mol. The van der Waals surface area contributed by atoms with Gasteiger partial charge in [-0.1, -0.05) is 35.3 Å². The lowest BCUT2D eigenvalue weighted by Gasteiger charge is -2.31. The molecule has 0 aliphatic carbocycles. The van der Waals surface area contributed by atoms with E-state index < -0.39 is 0 Å². The maximum absolute atomic E-state index is 6.34. The number of ether oxygens (including phenoxy) is 1. The molecule has 0 aliphatic rings. The minimum atomic E-state index is -0.381. The predicted octanol–water partition coefficient (Wildman–Crippen LogP) is 5.66. The van der Waals surface area contributed by atoms with E-state index in [2.05, 4.69) is 24.0 Å². The molecular weight excluding hydrogens is 355 g/mol. The largest absolute Gasteiger partial charge is 0.486 e. The molecule has 0 saturated carbocycles. The van der Waals surface area contributed by atoms with Crippen LogP contribution in [0.4, 0.5) is 0 Å². The van der Waals surface area contributed by atoms with Gasteiger partial charge in [-0.15, -0.1) is 0 Å². The highest BCUT2D eigenvalue weighted by Crippen LogP contribution is 2.26. The van der Waals surface area contributed by atoms with Crippen molar-refractivity contribution in [2.75, 3.05) is 0 Å². The Bertz CT molecular complexity index is 786. The Labute approximate surface area is 158 Å². The molecule has 0 bridgehead atoms. The third kappa shape index (κ3) is 5.25. The van der Waals surface area contributed by atoms with Crippen LogP contribution in [0.2, 0.25) is 10.0 Å². The van der Waals surface area contributed by atoms with Crippen molar-refractivity contribution in [3.63, 3.8) is 0 Å². The van der Waals surface area contributed by atoms with Crippen LogP contribution >= 0.6 is 23.2 Å². The summed E-state index contributed by atoms with van der Waals surface area (Å²) in [5.41, 5.74) is 0.856. The van der Waals surface area contributed by atoms with E-state index in [0.29, 0.717) is 11.6 Å². The fraction of sp³-hybridized carbons (Fsp3) is 0.250. The molecule has 3 nitrogen and oxygen atoms in total. The van der Waals surface area contributed by atoms with E-state index in [1.165, 1.54) is 5.56 Å². The maximum atomic E-state index is 6.34. The van der Waals surface area contributed by atoms with E-state index >= 15 is 0 Å². The molecule has 1 atom stereocenters. The fourth-order valence-electron chi connectivity index (χ4n) is 2.78. The summed E-state index contributed by atoms with van der Waals surface area (Å²) in [5.74, 6) is 0.808. The van der Waals surface area contributed by atoms with E-state index in [9.17, 15) is 0 Å².